The lowest BCUT2D eigenvalue weighted by Crippen LogP contribution is -2.49. The molecule has 0 aromatic heterocycles. The largest absolute Gasteiger partial charge is 0.481 e. The monoisotopic (exact) mass is 315 g/mol. The van der Waals surface area contributed by atoms with Gasteiger partial charge in [0.05, 0.1) is 11.8 Å². The Bertz CT molecular complexity index is 571. The maximum atomic E-state index is 12.9. The fourth-order valence-corrected chi connectivity index (χ4v) is 4.22. The standard InChI is InChI=1S/C19H25NO3/c1-2-14(13-7-4-3-5-8-13)17-9-6-12-20(17)18(21)15-10-11-16(15)19(22)23/h3-5,7-8,14-17H,2,6,9-12H2,1H3,(H,22,23). The van der Waals surface area contributed by atoms with E-state index in [0.29, 0.717) is 12.3 Å². The van der Waals surface area contributed by atoms with E-state index in [1.807, 2.05) is 23.1 Å². The fraction of sp³-hybridized carbons (Fsp3) is 0.579. The molecule has 23 heavy (non-hydrogen) atoms. The minimum absolute atomic E-state index is 0.0699. The molecule has 3 rings (SSSR count). The van der Waals surface area contributed by atoms with Crippen molar-refractivity contribution in [2.45, 2.75) is 51.0 Å². The molecule has 1 aromatic carbocycles. The maximum absolute atomic E-state index is 12.9. The molecule has 4 nitrogen and oxygen atoms in total. The first-order valence-corrected chi connectivity index (χ1v) is 8.71. The van der Waals surface area contributed by atoms with Crippen molar-refractivity contribution < 1.29 is 14.7 Å². The molecule has 0 spiro atoms. The lowest BCUT2D eigenvalue weighted by molar-refractivity contribution is -0.157. The first-order chi connectivity index (χ1) is 11.1. The average Bonchev–Trinajstić information content (AvgIpc) is 2.96. The highest BCUT2D eigenvalue weighted by Gasteiger charge is 2.46. The van der Waals surface area contributed by atoms with Crippen LogP contribution in [-0.2, 0) is 9.59 Å². The smallest absolute Gasteiger partial charge is 0.307 e. The predicted octanol–water partition coefficient (Wildman–Crippen LogP) is 3.28. The predicted molar refractivity (Wildman–Crippen MR) is 88.1 cm³/mol. The summed E-state index contributed by atoms with van der Waals surface area (Å²) in [5.41, 5.74) is 1.28. The van der Waals surface area contributed by atoms with Crippen LogP contribution in [0.25, 0.3) is 0 Å². The summed E-state index contributed by atoms with van der Waals surface area (Å²) in [6, 6.07) is 10.6. The van der Waals surface area contributed by atoms with E-state index in [9.17, 15) is 14.7 Å². The van der Waals surface area contributed by atoms with Crippen molar-refractivity contribution in [2.24, 2.45) is 11.8 Å². The van der Waals surface area contributed by atoms with Crippen molar-refractivity contribution in [3.8, 4) is 0 Å². The molecule has 0 bridgehead atoms. The van der Waals surface area contributed by atoms with Gasteiger partial charge in [-0.3, -0.25) is 9.59 Å². The van der Waals surface area contributed by atoms with Crippen molar-refractivity contribution in [2.75, 3.05) is 6.54 Å². The third kappa shape index (κ3) is 2.99. The number of likely N-dealkylation sites (tertiary alicyclic amines) is 1. The molecule has 4 heteroatoms. The molecule has 2 fully saturated rings. The molecule has 0 radical (unpaired) electrons. The van der Waals surface area contributed by atoms with Gasteiger partial charge in [-0.2, -0.15) is 0 Å². The lowest BCUT2D eigenvalue weighted by Gasteiger charge is -2.39. The Morgan fingerprint density at radius 1 is 1.17 bits per heavy atom. The van der Waals surface area contributed by atoms with E-state index >= 15 is 0 Å². The fourth-order valence-electron chi connectivity index (χ4n) is 4.22. The van der Waals surface area contributed by atoms with Crippen LogP contribution in [0.1, 0.15) is 50.5 Å². The van der Waals surface area contributed by atoms with Crippen LogP contribution in [0.4, 0.5) is 0 Å². The quantitative estimate of drug-likeness (QED) is 0.907. The number of amides is 1. The highest BCUT2D eigenvalue weighted by Crippen LogP contribution is 2.40. The first-order valence-electron chi connectivity index (χ1n) is 8.71. The summed E-state index contributed by atoms with van der Waals surface area (Å²) in [5, 5.41) is 9.22. The normalized spacial score (nSPS) is 28.2. The van der Waals surface area contributed by atoms with Gasteiger partial charge in [0.15, 0.2) is 0 Å². The molecule has 4 unspecified atom stereocenters. The van der Waals surface area contributed by atoms with Gasteiger partial charge in [-0.25, -0.2) is 0 Å². The van der Waals surface area contributed by atoms with Gasteiger partial charge in [0.25, 0.3) is 0 Å². The van der Waals surface area contributed by atoms with Gasteiger partial charge in [0, 0.05) is 18.5 Å². The number of hydrogen-bond donors (Lipinski definition) is 1. The van der Waals surface area contributed by atoms with Crippen LogP contribution in [0.3, 0.4) is 0 Å². The highest BCUT2D eigenvalue weighted by atomic mass is 16.4. The molecule has 1 N–H and O–H groups in total. The minimum Gasteiger partial charge on any atom is -0.481 e. The Morgan fingerprint density at radius 3 is 2.43 bits per heavy atom. The van der Waals surface area contributed by atoms with Crippen LogP contribution in [0.5, 0.6) is 0 Å². The van der Waals surface area contributed by atoms with Crippen molar-refractivity contribution >= 4 is 11.9 Å². The van der Waals surface area contributed by atoms with Crippen molar-refractivity contribution in [3.63, 3.8) is 0 Å². The number of benzene rings is 1. The van der Waals surface area contributed by atoms with Crippen LogP contribution in [0.15, 0.2) is 30.3 Å². The number of hydrogen-bond acceptors (Lipinski definition) is 2. The Kier molecular flexibility index (Phi) is 4.69. The molecular weight excluding hydrogens is 290 g/mol. The molecule has 1 aliphatic carbocycles. The van der Waals surface area contributed by atoms with Gasteiger partial charge < -0.3 is 10.0 Å². The molecule has 1 heterocycles. The zero-order chi connectivity index (χ0) is 16.4. The zero-order valence-corrected chi connectivity index (χ0v) is 13.6. The third-order valence-corrected chi connectivity index (χ3v) is 5.62. The summed E-state index contributed by atoms with van der Waals surface area (Å²) < 4.78 is 0. The molecule has 1 saturated carbocycles. The molecule has 1 amide bonds. The number of carbonyl (C=O) groups excluding carboxylic acids is 1. The Morgan fingerprint density at radius 2 is 1.87 bits per heavy atom. The van der Waals surface area contributed by atoms with Crippen molar-refractivity contribution in [3.05, 3.63) is 35.9 Å². The Balaban J connectivity index is 1.77. The average molecular weight is 315 g/mol. The van der Waals surface area contributed by atoms with Gasteiger partial charge in [0.1, 0.15) is 0 Å². The second-order valence-corrected chi connectivity index (χ2v) is 6.80. The highest BCUT2D eigenvalue weighted by molar-refractivity contribution is 5.86. The Hall–Kier alpha value is -1.84. The number of aliphatic carboxylic acids is 1. The van der Waals surface area contributed by atoms with Crippen molar-refractivity contribution in [1.82, 2.24) is 4.90 Å². The molecule has 124 valence electrons. The van der Waals surface area contributed by atoms with Gasteiger partial charge in [0.2, 0.25) is 5.91 Å². The maximum Gasteiger partial charge on any atom is 0.307 e. The van der Waals surface area contributed by atoms with Gasteiger partial charge in [-0.05, 0) is 37.7 Å². The van der Waals surface area contributed by atoms with Gasteiger partial charge >= 0.3 is 5.97 Å². The van der Waals surface area contributed by atoms with Gasteiger partial charge in [-0.15, -0.1) is 0 Å². The van der Waals surface area contributed by atoms with Crippen LogP contribution >= 0.6 is 0 Å². The van der Waals surface area contributed by atoms with Gasteiger partial charge in [-0.1, -0.05) is 37.3 Å². The second-order valence-electron chi connectivity index (χ2n) is 6.80. The Labute approximate surface area is 137 Å². The summed E-state index contributed by atoms with van der Waals surface area (Å²) in [5.74, 6) is -1.19. The molecule has 4 atom stereocenters. The molecule has 2 aliphatic rings. The number of carboxylic acid groups (broad SMARTS) is 1. The van der Waals surface area contributed by atoms with E-state index in [2.05, 4.69) is 19.1 Å². The van der Waals surface area contributed by atoms with Crippen molar-refractivity contribution in [1.29, 1.82) is 0 Å². The van der Waals surface area contributed by atoms with Crippen LogP contribution in [-0.4, -0.2) is 34.5 Å². The number of nitrogens with zero attached hydrogens (tertiary/aromatic N) is 1. The van der Waals surface area contributed by atoms with E-state index in [4.69, 9.17) is 0 Å². The summed E-state index contributed by atoms with van der Waals surface area (Å²) in [6.07, 6.45) is 4.39. The molecular formula is C19H25NO3. The zero-order valence-electron chi connectivity index (χ0n) is 13.6. The van der Waals surface area contributed by atoms with E-state index in [1.54, 1.807) is 0 Å². The number of rotatable bonds is 5. The molecule has 1 aliphatic heterocycles. The summed E-state index contributed by atoms with van der Waals surface area (Å²) in [7, 11) is 0. The topological polar surface area (TPSA) is 57.6 Å². The third-order valence-electron chi connectivity index (χ3n) is 5.62. The van der Waals surface area contributed by atoms with E-state index in [1.165, 1.54) is 5.56 Å². The van der Waals surface area contributed by atoms with Crippen LogP contribution < -0.4 is 0 Å². The SMILES string of the molecule is CCC(c1ccccc1)C1CCCN1C(=O)C1CCC1C(=O)O. The van der Waals surface area contributed by atoms with E-state index in [0.717, 1.165) is 32.2 Å². The molecule has 1 aromatic rings. The van der Waals surface area contributed by atoms with Crippen LogP contribution in [0.2, 0.25) is 0 Å². The number of carbonyl (C=O) groups is 2. The van der Waals surface area contributed by atoms with E-state index in [-0.39, 0.29) is 17.9 Å². The van der Waals surface area contributed by atoms with Crippen LogP contribution in [0, 0.1) is 11.8 Å². The minimum atomic E-state index is -0.819. The summed E-state index contributed by atoms with van der Waals surface area (Å²) >= 11 is 0. The summed E-state index contributed by atoms with van der Waals surface area (Å²) in [4.78, 5) is 26.1. The molecule has 1 saturated heterocycles. The summed E-state index contributed by atoms with van der Waals surface area (Å²) in [6.45, 7) is 2.94. The first kappa shape index (κ1) is 16.0. The number of carboxylic acids is 1. The van der Waals surface area contributed by atoms with E-state index < -0.39 is 11.9 Å². The lowest BCUT2D eigenvalue weighted by atomic mass is 9.72. The second kappa shape index (κ2) is 6.73.